The molecule has 0 bridgehead atoms. The molecule has 0 aliphatic rings. The molecule has 0 radical (unpaired) electrons. The van der Waals surface area contributed by atoms with Crippen LogP contribution in [0.2, 0.25) is 0 Å². The van der Waals surface area contributed by atoms with Crippen LogP contribution in [0.15, 0.2) is 58.9 Å². The van der Waals surface area contributed by atoms with E-state index in [-0.39, 0.29) is 21.9 Å². The highest BCUT2D eigenvalue weighted by Gasteiger charge is 2.28. The van der Waals surface area contributed by atoms with Crippen LogP contribution in [0.1, 0.15) is 22.8 Å². The molecule has 7 nitrogen and oxygen atoms in total. The Labute approximate surface area is 161 Å². The number of para-hydroxylation sites is 1. The monoisotopic (exact) mass is 402 g/mol. The Bertz CT molecular complexity index is 1050. The van der Waals surface area contributed by atoms with Gasteiger partial charge in [-0.25, -0.2) is 0 Å². The van der Waals surface area contributed by atoms with Gasteiger partial charge in [0.05, 0.1) is 5.69 Å². The van der Waals surface area contributed by atoms with Crippen molar-refractivity contribution in [3.63, 3.8) is 0 Å². The molecule has 0 saturated carbocycles. The minimum Gasteiger partial charge on any atom is -0.296 e. The third kappa shape index (κ3) is 3.99. The highest BCUT2D eigenvalue weighted by atomic mass is 32.2. The van der Waals surface area contributed by atoms with Gasteiger partial charge in [-0.2, -0.15) is 8.42 Å². The molecule has 0 fully saturated rings. The van der Waals surface area contributed by atoms with E-state index in [2.05, 4.69) is 15.5 Å². The van der Waals surface area contributed by atoms with E-state index >= 15 is 0 Å². The lowest BCUT2D eigenvalue weighted by Crippen LogP contribution is -2.30. The van der Waals surface area contributed by atoms with Crippen LogP contribution in [0.25, 0.3) is 0 Å². The van der Waals surface area contributed by atoms with Gasteiger partial charge in [-0.3, -0.25) is 14.4 Å². The highest BCUT2D eigenvalue weighted by Crippen LogP contribution is 2.27. The Hall–Kier alpha value is -2.78. The third-order valence-corrected chi connectivity index (χ3v) is 6.95. The Kier molecular flexibility index (Phi) is 5.52. The Morgan fingerprint density at radius 1 is 1.07 bits per heavy atom. The quantitative estimate of drug-likeness (QED) is 0.639. The number of nitrogens with one attached hydrogen (secondary N) is 1. The summed E-state index contributed by atoms with van der Waals surface area (Å²) in [4.78, 5) is 12.4. The second kappa shape index (κ2) is 7.85. The fraction of sp³-hybridized carbons (Fsp3) is 0.167. The van der Waals surface area contributed by atoms with E-state index < -0.39 is 10.0 Å². The van der Waals surface area contributed by atoms with Crippen molar-refractivity contribution < 1.29 is 13.2 Å². The van der Waals surface area contributed by atoms with Crippen LogP contribution < -0.4 is 9.62 Å². The second-order valence-electron chi connectivity index (χ2n) is 5.65. The highest BCUT2D eigenvalue weighted by molar-refractivity contribution is 7.94. The zero-order valence-electron chi connectivity index (χ0n) is 14.8. The van der Waals surface area contributed by atoms with Crippen LogP contribution in [0.3, 0.4) is 0 Å². The van der Waals surface area contributed by atoms with Gasteiger partial charge in [-0.15, -0.1) is 10.2 Å². The molecule has 140 valence electrons. The first-order valence-corrected chi connectivity index (χ1v) is 10.5. The van der Waals surface area contributed by atoms with Crippen molar-refractivity contribution in [2.75, 3.05) is 16.2 Å². The third-order valence-electron chi connectivity index (χ3n) is 3.86. The van der Waals surface area contributed by atoms with Crippen molar-refractivity contribution in [1.29, 1.82) is 0 Å². The lowest BCUT2D eigenvalue weighted by Gasteiger charge is -2.20. The Balaban J connectivity index is 1.84. The van der Waals surface area contributed by atoms with Crippen LogP contribution in [0.5, 0.6) is 0 Å². The first-order valence-electron chi connectivity index (χ1n) is 8.21. The fourth-order valence-corrected chi connectivity index (χ4v) is 5.01. The van der Waals surface area contributed by atoms with Crippen LogP contribution in [-0.2, 0) is 10.0 Å². The van der Waals surface area contributed by atoms with E-state index in [1.807, 2.05) is 25.1 Å². The predicted molar refractivity (Wildman–Crippen MR) is 106 cm³/mol. The Morgan fingerprint density at radius 3 is 2.41 bits per heavy atom. The fourth-order valence-electron chi connectivity index (χ4n) is 2.54. The summed E-state index contributed by atoms with van der Waals surface area (Å²) >= 11 is 0.823. The van der Waals surface area contributed by atoms with Gasteiger partial charge < -0.3 is 0 Å². The van der Waals surface area contributed by atoms with Crippen LogP contribution >= 0.6 is 11.3 Å². The Morgan fingerprint density at radius 2 is 1.74 bits per heavy atom. The minimum atomic E-state index is -3.87. The molecule has 1 heterocycles. The van der Waals surface area contributed by atoms with Gasteiger partial charge in [-0.1, -0.05) is 47.7 Å². The average molecular weight is 403 g/mol. The van der Waals surface area contributed by atoms with Gasteiger partial charge in [0.25, 0.3) is 20.3 Å². The summed E-state index contributed by atoms with van der Waals surface area (Å²) in [5.74, 6) is -0.358. The molecule has 0 saturated heterocycles. The lowest BCUT2D eigenvalue weighted by molar-refractivity contribution is 0.102. The summed E-state index contributed by atoms with van der Waals surface area (Å²) in [5, 5.41) is 10.3. The maximum Gasteiger partial charge on any atom is 0.293 e. The van der Waals surface area contributed by atoms with Gasteiger partial charge in [0.1, 0.15) is 0 Å². The summed E-state index contributed by atoms with van der Waals surface area (Å²) in [7, 11) is -3.87. The topological polar surface area (TPSA) is 92.3 Å². The van der Waals surface area contributed by atoms with Crippen molar-refractivity contribution in [2.45, 2.75) is 18.2 Å². The van der Waals surface area contributed by atoms with Gasteiger partial charge in [-0.05, 0) is 37.6 Å². The second-order valence-corrected chi connectivity index (χ2v) is 8.66. The number of hydrogen-bond donors (Lipinski definition) is 1. The molecule has 27 heavy (non-hydrogen) atoms. The maximum absolute atomic E-state index is 12.9. The normalized spacial score (nSPS) is 11.2. The largest absolute Gasteiger partial charge is 0.296 e. The summed E-state index contributed by atoms with van der Waals surface area (Å²) in [6.45, 7) is 3.81. The molecule has 1 amide bonds. The first kappa shape index (κ1) is 19.0. The van der Waals surface area contributed by atoms with Gasteiger partial charge in [0, 0.05) is 12.1 Å². The number of nitrogens with zero attached hydrogens (tertiary/aromatic N) is 3. The molecule has 0 atom stereocenters. The molecular weight excluding hydrogens is 384 g/mol. The number of anilines is 2. The predicted octanol–water partition coefficient (Wildman–Crippen LogP) is 3.31. The lowest BCUT2D eigenvalue weighted by atomic mass is 10.1. The SMILES string of the molecule is CCN(c1ccccc1)S(=O)(=O)c1nnc(NC(=O)c2ccccc2C)s1. The molecule has 9 heteroatoms. The molecule has 0 spiro atoms. The van der Waals surface area contributed by atoms with E-state index in [0.29, 0.717) is 11.3 Å². The van der Waals surface area contributed by atoms with Crippen molar-refractivity contribution in [1.82, 2.24) is 10.2 Å². The summed E-state index contributed by atoms with van der Waals surface area (Å²) in [5.41, 5.74) is 1.85. The number of aryl methyl sites for hydroxylation is 1. The zero-order valence-corrected chi connectivity index (χ0v) is 16.4. The number of rotatable bonds is 6. The number of carbonyl (C=O) groups is 1. The molecule has 2 aromatic carbocycles. The van der Waals surface area contributed by atoms with E-state index in [1.54, 1.807) is 43.3 Å². The number of sulfonamides is 1. The van der Waals surface area contributed by atoms with Crippen molar-refractivity contribution >= 4 is 38.1 Å². The van der Waals surface area contributed by atoms with Crippen LogP contribution in [0.4, 0.5) is 10.8 Å². The molecular formula is C18H18N4O3S2. The molecule has 1 N–H and O–H groups in total. The first-order chi connectivity index (χ1) is 12.9. The van der Waals surface area contributed by atoms with Crippen LogP contribution in [-0.4, -0.2) is 31.1 Å². The van der Waals surface area contributed by atoms with Crippen LogP contribution in [0, 0.1) is 6.92 Å². The number of hydrogen-bond acceptors (Lipinski definition) is 6. The minimum absolute atomic E-state index is 0.131. The van der Waals surface area contributed by atoms with Gasteiger partial charge in [0.2, 0.25) is 5.13 Å². The number of amides is 1. The molecule has 0 aliphatic heterocycles. The van der Waals surface area contributed by atoms with E-state index in [9.17, 15) is 13.2 Å². The number of carbonyl (C=O) groups excluding carboxylic acids is 1. The van der Waals surface area contributed by atoms with Crippen molar-refractivity contribution in [2.24, 2.45) is 0 Å². The molecule has 3 aromatic rings. The number of aromatic nitrogens is 2. The molecule has 0 aliphatic carbocycles. The van der Waals surface area contributed by atoms with Crippen molar-refractivity contribution in [3.05, 3.63) is 65.7 Å². The van der Waals surface area contributed by atoms with E-state index in [0.717, 1.165) is 16.9 Å². The molecule has 0 unspecified atom stereocenters. The maximum atomic E-state index is 12.9. The van der Waals surface area contributed by atoms with Gasteiger partial charge in [0.15, 0.2) is 0 Å². The molecule has 1 aromatic heterocycles. The van der Waals surface area contributed by atoms with Crippen molar-refractivity contribution in [3.8, 4) is 0 Å². The summed E-state index contributed by atoms with van der Waals surface area (Å²) < 4.78 is 26.9. The average Bonchev–Trinajstić information content (AvgIpc) is 3.12. The van der Waals surface area contributed by atoms with Gasteiger partial charge >= 0.3 is 0 Å². The summed E-state index contributed by atoms with van der Waals surface area (Å²) in [6.07, 6.45) is 0. The van der Waals surface area contributed by atoms with E-state index in [4.69, 9.17) is 0 Å². The molecule has 3 rings (SSSR count). The van der Waals surface area contributed by atoms with E-state index in [1.165, 1.54) is 4.31 Å². The smallest absolute Gasteiger partial charge is 0.293 e. The number of benzene rings is 2. The standard InChI is InChI=1S/C18H18N4O3S2/c1-3-22(14-10-5-4-6-11-14)27(24,25)18-21-20-17(26-18)19-16(23)15-12-8-7-9-13(15)2/h4-12H,3H2,1-2H3,(H,19,20,23). The summed E-state index contributed by atoms with van der Waals surface area (Å²) in [6, 6.07) is 15.9. The zero-order chi connectivity index (χ0) is 19.4.